The number of H-pyrrole nitrogens is 1. The van der Waals surface area contributed by atoms with E-state index >= 15 is 0 Å². The van der Waals surface area contributed by atoms with Crippen molar-refractivity contribution >= 4 is 22.6 Å². The van der Waals surface area contributed by atoms with Gasteiger partial charge in [0.2, 0.25) is 0 Å². The minimum absolute atomic E-state index is 0.163. The predicted molar refractivity (Wildman–Crippen MR) is 130 cm³/mol. The maximum absolute atomic E-state index is 10.1. The van der Waals surface area contributed by atoms with Gasteiger partial charge in [-0.1, -0.05) is 44.5 Å². The summed E-state index contributed by atoms with van der Waals surface area (Å²) in [6, 6.07) is 10.8. The molecule has 178 valence electrons. The molecule has 4 aromatic rings. The van der Waals surface area contributed by atoms with Crippen LogP contribution in [0.5, 0.6) is 11.6 Å². The van der Waals surface area contributed by atoms with Crippen molar-refractivity contribution in [1.82, 2.24) is 25.2 Å². The number of phenolic OH excluding ortho intramolecular Hbond substituents is 1. The standard InChI is InChI=1S/C25H28ClN5O3/c1-14(2)15(3)21-11-22(30-34-21)33-9-8-31-12-16(13-31)24-23(26)18-10-19(28-29-25(18)27-24)17-6-4-5-7-20(17)32/h4-7,10-11,14-16,32H,8-9,12-13H2,1-3H3,(H,27,29). The van der Waals surface area contributed by atoms with Crippen molar-refractivity contribution < 1.29 is 14.4 Å². The SMILES string of the molecule is CC(C)C(C)c1cc(OCCN2CC(c3[nH]c4nnc(-c5ccccc5O)cc4c3Cl)C2)no1. The van der Waals surface area contributed by atoms with Crippen molar-refractivity contribution in [3.63, 3.8) is 0 Å². The van der Waals surface area contributed by atoms with E-state index in [1.54, 1.807) is 12.1 Å². The van der Waals surface area contributed by atoms with Crippen molar-refractivity contribution in [3.05, 3.63) is 52.9 Å². The second kappa shape index (κ2) is 9.27. The second-order valence-corrected chi connectivity index (χ2v) is 9.64. The number of para-hydroxylation sites is 1. The molecule has 8 nitrogen and oxygen atoms in total. The van der Waals surface area contributed by atoms with Gasteiger partial charge in [-0.05, 0) is 29.3 Å². The molecule has 2 N–H and O–H groups in total. The maximum atomic E-state index is 10.1. The molecule has 1 atom stereocenters. The molecule has 4 heterocycles. The number of rotatable bonds is 8. The number of ether oxygens (including phenoxy) is 1. The fourth-order valence-electron chi connectivity index (χ4n) is 4.18. The highest BCUT2D eigenvalue weighted by Crippen LogP contribution is 2.37. The predicted octanol–water partition coefficient (Wildman–Crippen LogP) is 5.21. The molecule has 34 heavy (non-hydrogen) atoms. The first-order valence-corrected chi connectivity index (χ1v) is 11.9. The number of halogens is 1. The Balaban J connectivity index is 1.18. The van der Waals surface area contributed by atoms with Crippen LogP contribution in [-0.4, -0.2) is 56.6 Å². The van der Waals surface area contributed by atoms with E-state index in [4.69, 9.17) is 20.9 Å². The summed E-state index contributed by atoms with van der Waals surface area (Å²) in [5, 5.41) is 24.2. The van der Waals surface area contributed by atoms with Crippen LogP contribution < -0.4 is 4.74 Å². The first kappa shape index (κ1) is 22.7. The highest BCUT2D eigenvalue weighted by molar-refractivity contribution is 6.36. The Morgan fingerprint density at radius 1 is 1.21 bits per heavy atom. The molecule has 0 spiro atoms. The van der Waals surface area contributed by atoms with E-state index in [9.17, 15) is 5.11 Å². The molecule has 3 aromatic heterocycles. The summed E-state index contributed by atoms with van der Waals surface area (Å²) in [6.45, 7) is 9.55. The van der Waals surface area contributed by atoms with E-state index in [0.29, 0.717) is 52.2 Å². The summed E-state index contributed by atoms with van der Waals surface area (Å²) in [4.78, 5) is 5.64. The lowest BCUT2D eigenvalue weighted by atomic mass is 9.96. The number of hydrogen-bond acceptors (Lipinski definition) is 7. The number of aromatic hydroxyl groups is 1. The third kappa shape index (κ3) is 4.35. The van der Waals surface area contributed by atoms with Gasteiger partial charge in [0.05, 0.1) is 10.7 Å². The van der Waals surface area contributed by atoms with E-state index < -0.39 is 0 Å². The summed E-state index contributed by atoms with van der Waals surface area (Å²) in [7, 11) is 0. The average molecular weight is 482 g/mol. The number of aromatic nitrogens is 4. The third-order valence-corrected chi connectivity index (χ3v) is 7.09. The molecule has 0 saturated carbocycles. The number of phenols is 1. The average Bonchev–Trinajstić information content (AvgIpc) is 3.39. The first-order valence-electron chi connectivity index (χ1n) is 11.6. The van der Waals surface area contributed by atoms with Crippen LogP contribution in [0.1, 0.15) is 44.1 Å². The summed E-state index contributed by atoms with van der Waals surface area (Å²) < 4.78 is 11.2. The molecule has 1 aromatic carbocycles. The summed E-state index contributed by atoms with van der Waals surface area (Å²) in [5.74, 6) is 2.64. The van der Waals surface area contributed by atoms with Gasteiger partial charge in [-0.25, -0.2) is 0 Å². The van der Waals surface area contributed by atoms with Crippen molar-refractivity contribution in [2.45, 2.75) is 32.6 Å². The Hall–Kier alpha value is -3.10. The van der Waals surface area contributed by atoms with Gasteiger partial charge in [-0.3, -0.25) is 4.90 Å². The van der Waals surface area contributed by atoms with Gasteiger partial charge >= 0.3 is 0 Å². The molecular formula is C25H28ClN5O3. The number of aromatic amines is 1. The van der Waals surface area contributed by atoms with Crippen LogP contribution in [0.15, 0.2) is 40.9 Å². The number of benzene rings is 1. The van der Waals surface area contributed by atoms with E-state index in [0.717, 1.165) is 36.5 Å². The third-order valence-electron chi connectivity index (χ3n) is 6.68. The number of fused-ring (bicyclic) bond motifs is 1. The summed E-state index contributed by atoms with van der Waals surface area (Å²) in [5.41, 5.74) is 2.84. The zero-order chi connectivity index (χ0) is 23.8. The van der Waals surface area contributed by atoms with Gasteiger partial charge in [-0.15, -0.1) is 10.2 Å². The lowest BCUT2D eigenvalue weighted by Gasteiger charge is -2.38. The van der Waals surface area contributed by atoms with E-state index in [1.165, 1.54) is 0 Å². The molecule has 5 rings (SSSR count). The Labute approximate surface area is 202 Å². The van der Waals surface area contributed by atoms with Crippen LogP contribution in [0.3, 0.4) is 0 Å². The zero-order valence-electron chi connectivity index (χ0n) is 19.5. The Bertz CT molecular complexity index is 1290. The van der Waals surface area contributed by atoms with Crippen LogP contribution in [0.2, 0.25) is 5.02 Å². The molecule has 1 aliphatic rings. The summed E-state index contributed by atoms with van der Waals surface area (Å²) >= 11 is 6.72. The van der Waals surface area contributed by atoms with Gasteiger partial charge in [-0.2, -0.15) is 0 Å². The second-order valence-electron chi connectivity index (χ2n) is 9.27. The molecule has 1 saturated heterocycles. The van der Waals surface area contributed by atoms with Crippen LogP contribution in [0.4, 0.5) is 0 Å². The Kier molecular flexibility index (Phi) is 6.18. The Morgan fingerprint density at radius 3 is 2.76 bits per heavy atom. The van der Waals surface area contributed by atoms with Crippen molar-refractivity contribution in [2.75, 3.05) is 26.2 Å². The molecular weight excluding hydrogens is 454 g/mol. The molecule has 0 radical (unpaired) electrons. The number of nitrogens with zero attached hydrogens (tertiary/aromatic N) is 4. The van der Waals surface area contributed by atoms with Gasteiger partial charge in [0.15, 0.2) is 5.65 Å². The molecule has 1 unspecified atom stereocenters. The lowest BCUT2D eigenvalue weighted by molar-refractivity contribution is 0.117. The fraction of sp³-hybridized carbons (Fsp3) is 0.400. The van der Waals surface area contributed by atoms with Crippen LogP contribution >= 0.6 is 11.6 Å². The van der Waals surface area contributed by atoms with Crippen LogP contribution in [0.25, 0.3) is 22.3 Å². The maximum Gasteiger partial charge on any atom is 0.254 e. The lowest BCUT2D eigenvalue weighted by Crippen LogP contribution is -2.46. The topological polar surface area (TPSA) is 100 Å². The minimum atomic E-state index is 0.163. The summed E-state index contributed by atoms with van der Waals surface area (Å²) in [6.07, 6.45) is 0. The molecule has 0 bridgehead atoms. The van der Waals surface area contributed by atoms with E-state index in [-0.39, 0.29) is 5.75 Å². The molecule has 0 aliphatic carbocycles. The van der Waals surface area contributed by atoms with Gasteiger partial charge in [0.25, 0.3) is 5.88 Å². The largest absolute Gasteiger partial charge is 0.507 e. The number of likely N-dealkylation sites (tertiary alicyclic amines) is 1. The number of hydrogen-bond donors (Lipinski definition) is 2. The van der Waals surface area contributed by atoms with Gasteiger partial charge in [0, 0.05) is 54.2 Å². The normalized spacial score (nSPS) is 15.7. The van der Waals surface area contributed by atoms with Crippen molar-refractivity contribution in [3.8, 4) is 22.9 Å². The van der Waals surface area contributed by atoms with E-state index in [1.807, 2.05) is 24.3 Å². The first-order chi connectivity index (χ1) is 16.4. The van der Waals surface area contributed by atoms with E-state index in [2.05, 4.69) is 46.0 Å². The van der Waals surface area contributed by atoms with Crippen molar-refractivity contribution in [1.29, 1.82) is 0 Å². The molecule has 1 fully saturated rings. The van der Waals surface area contributed by atoms with Crippen LogP contribution in [0, 0.1) is 5.92 Å². The van der Waals surface area contributed by atoms with Crippen molar-refractivity contribution in [2.24, 2.45) is 5.92 Å². The fourth-order valence-corrected chi connectivity index (χ4v) is 4.53. The van der Waals surface area contributed by atoms with Gasteiger partial charge < -0.3 is 19.4 Å². The highest BCUT2D eigenvalue weighted by Gasteiger charge is 2.31. The smallest absolute Gasteiger partial charge is 0.254 e. The Morgan fingerprint density at radius 2 is 2.00 bits per heavy atom. The minimum Gasteiger partial charge on any atom is -0.507 e. The zero-order valence-corrected chi connectivity index (χ0v) is 20.2. The molecule has 0 amide bonds. The number of nitrogens with one attached hydrogen (secondary N) is 1. The van der Waals surface area contributed by atoms with Crippen LogP contribution in [-0.2, 0) is 0 Å². The van der Waals surface area contributed by atoms with Gasteiger partial charge in [0.1, 0.15) is 18.1 Å². The highest BCUT2D eigenvalue weighted by atomic mass is 35.5. The molecule has 1 aliphatic heterocycles. The monoisotopic (exact) mass is 481 g/mol. The molecule has 9 heteroatoms. The quantitative estimate of drug-likeness (QED) is 0.356.